The Kier molecular flexibility index (Phi) is 5.65. The van der Waals surface area contributed by atoms with Crippen LogP contribution in [0.3, 0.4) is 0 Å². The van der Waals surface area contributed by atoms with Crippen molar-refractivity contribution in [2.24, 2.45) is 11.0 Å². The highest BCUT2D eigenvalue weighted by molar-refractivity contribution is 5.85. The molecule has 0 aliphatic heterocycles. The van der Waals surface area contributed by atoms with E-state index in [0.29, 0.717) is 17.1 Å². The van der Waals surface area contributed by atoms with E-state index in [4.69, 9.17) is 4.42 Å². The van der Waals surface area contributed by atoms with Gasteiger partial charge < -0.3 is 4.42 Å². The molecule has 1 saturated carbocycles. The Morgan fingerprint density at radius 2 is 1.91 bits per heavy atom. The lowest BCUT2D eigenvalue weighted by Gasteiger charge is -2.19. The molecule has 0 radical (unpaired) electrons. The topological polar surface area (TPSA) is 97.7 Å². The highest BCUT2D eigenvalue weighted by Crippen LogP contribution is 2.47. The number of nitro groups is 1. The maximum absolute atomic E-state index is 12.4. The zero-order chi connectivity index (χ0) is 22.9. The second-order valence-electron chi connectivity index (χ2n) is 9.06. The van der Waals surface area contributed by atoms with Crippen molar-refractivity contribution in [2.45, 2.75) is 38.5 Å². The van der Waals surface area contributed by atoms with Crippen LogP contribution < -0.4 is 5.43 Å². The quantitative estimate of drug-likeness (QED) is 0.321. The molecule has 7 heteroatoms. The van der Waals surface area contributed by atoms with Gasteiger partial charge in [0.25, 0.3) is 5.69 Å². The molecule has 0 spiro atoms. The van der Waals surface area contributed by atoms with Crippen LogP contribution in [0.25, 0.3) is 11.3 Å². The number of hydrogen-bond acceptors (Lipinski definition) is 5. The van der Waals surface area contributed by atoms with Crippen LogP contribution in [0.1, 0.15) is 50.0 Å². The van der Waals surface area contributed by atoms with E-state index in [-0.39, 0.29) is 28.8 Å². The largest absolute Gasteiger partial charge is 0.455 e. The third-order valence-electron chi connectivity index (χ3n) is 5.67. The Labute approximate surface area is 186 Å². The zero-order valence-electron chi connectivity index (χ0n) is 18.2. The van der Waals surface area contributed by atoms with Gasteiger partial charge >= 0.3 is 0 Å². The minimum atomic E-state index is -0.450. The molecule has 1 aromatic heterocycles. The van der Waals surface area contributed by atoms with Crippen molar-refractivity contribution in [3.05, 3.63) is 87.7 Å². The van der Waals surface area contributed by atoms with Crippen LogP contribution >= 0.6 is 0 Å². The molecule has 2 atom stereocenters. The van der Waals surface area contributed by atoms with Gasteiger partial charge in [-0.1, -0.05) is 57.2 Å². The Morgan fingerprint density at radius 1 is 1.16 bits per heavy atom. The van der Waals surface area contributed by atoms with E-state index in [1.165, 1.54) is 29.5 Å². The molecule has 3 aromatic rings. The van der Waals surface area contributed by atoms with Crippen LogP contribution in [0.4, 0.5) is 5.69 Å². The number of carbonyl (C=O) groups is 1. The molecule has 1 fully saturated rings. The van der Waals surface area contributed by atoms with Gasteiger partial charge in [-0.3, -0.25) is 14.9 Å². The summed E-state index contributed by atoms with van der Waals surface area (Å²) in [7, 11) is 0. The minimum Gasteiger partial charge on any atom is -0.455 e. The number of hydrogen-bond donors (Lipinski definition) is 1. The van der Waals surface area contributed by atoms with Crippen LogP contribution in [0.5, 0.6) is 0 Å². The van der Waals surface area contributed by atoms with Crippen molar-refractivity contribution in [3.8, 4) is 11.3 Å². The van der Waals surface area contributed by atoms with E-state index in [2.05, 4.69) is 55.6 Å². The summed E-state index contributed by atoms with van der Waals surface area (Å²) in [5.74, 6) is 0.962. The van der Waals surface area contributed by atoms with E-state index in [0.717, 1.165) is 6.42 Å². The van der Waals surface area contributed by atoms with Crippen molar-refractivity contribution in [1.29, 1.82) is 0 Å². The van der Waals surface area contributed by atoms with Crippen molar-refractivity contribution in [1.82, 2.24) is 5.43 Å². The van der Waals surface area contributed by atoms with Gasteiger partial charge in [0.1, 0.15) is 11.5 Å². The monoisotopic (exact) mass is 431 g/mol. The number of nitrogens with one attached hydrogen (secondary N) is 1. The lowest BCUT2D eigenvalue weighted by molar-refractivity contribution is -0.384. The van der Waals surface area contributed by atoms with E-state index in [9.17, 15) is 14.9 Å². The predicted octanol–water partition coefficient (Wildman–Crippen LogP) is 5.41. The van der Waals surface area contributed by atoms with Gasteiger partial charge in [0.15, 0.2) is 0 Å². The first-order valence-electron chi connectivity index (χ1n) is 10.5. The predicted molar refractivity (Wildman–Crippen MR) is 123 cm³/mol. The average Bonchev–Trinajstić information content (AvgIpc) is 3.44. The highest BCUT2D eigenvalue weighted by Gasteiger charge is 2.44. The van der Waals surface area contributed by atoms with Gasteiger partial charge in [-0.15, -0.1) is 0 Å². The van der Waals surface area contributed by atoms with Crippen molar-refractivity contribution >= 4 is 17.8 Å². The molecule has 1 N–H and O–H groups in total. The van der Waals surface area contributed by atoms with Crippen LogP contribution in [0.15, 0.2) is 70.2 Å². The number of hydrazone groups is 1. The van der Waals surface area contributed by atoms with Crippen molar-refractivity contribution in [2.75, 3.05) is 0 Å². The zero-order valence-corrected chi connectivity index (χ0v) is 18.2. The number of carbonyl (C=O) groups excluding carboxylic acids is 1. The third kappa shape index (κ3) is 4.77. The standard InChI is InChI=1S/C25H25N3O4/c1-25(2,3)18-9-7-16(8-10-18)21-14-22(21)24(29)27-26-15-20-11-12-23(32-20)17-5-4-6-19(13-17)28(30)31/h4-13,15,21-22H,14H2,1-3H3,(H,27,29)/b26-15-/t21-,22+/m1/s1. The number of non-ortho nitro benzene ring substituents is 1. The lowest BCUT2D eigenvalue weighted by Crippen LogP contribution is -2.20. The molecular formula is C25H25N3O4. The molecule has 4 rings (SSSR count). The molecule has 0 bridgehead atoms. The summed E-state index contributed by atoms with van der Waals surface area (Å²) in [4.78, 5) is 22.9. The summed E-state index contributed by atoms with van der Waals surface area (Å²) in [5, 5.41) is 14.9. The minimum absolute atomic E-state index is 0.00610. The summed E-state index contributed by atoms with van der Waals surface area (Å²) < 4.78 is 5.67. The van der Waals surface area contributed by atoms with Crippen molar-refractivity contribution < 1.29 is 14.1 Å². The maximum Gasteiger partial charge on any atom is 0.270 e. The molecule has 1 amide bonds. The smallest absolute Gasteiger partial charge is 0.270 e. The van der Waals surface area contributed by atoms with Gasteiger partial charge in [0.2, 0.25) is 5.91 Å². The lowest BCUT2D eigenvalue weighted by atomic mass is 9.86. The Morgan fingerprint density at radius 3 is 2.59 bits per heavy atom. The molecule has 1 heterocycles. The summed E-state index contributed by atoms with van der Waals surface area (Å²) in [6.45, 7) is 6.54. The first-order chi connectivity index (χ1) is 15.2. The van der Waals surface area contributed by atoms with Gasteiger partial charge in [-0.2, -0.15) is 5.10 Å². The van der Waals surface area contributed by atoms with Gasteiger partial charge in [0.05, 0.1) is 11.1 Å². The molecule has 0 saturated heterocycles. The molecule has 2 aromatic carbocycles. The number of amides is 1. The summed E-state index contributed by atoms with van der Waals surface area (Å²) in [5.41, 5.74) is 5.73. The number of benzene rings is 2. The van der Waals surface area contributed by atoms with Crippen LogP contribution in [-0.4, -0.2) is 17.0 Å². The van der Waals surface area contributed by atoms with E-state index < -0.39 is 4.92 Å². The van der Waals surface area contributed by atoms with E-state index >= 15 is 0 Å². The Balaban J connectivity index is 1.33. The summed E-state index contributed by atoms with van der Waals surface area (Å²) in [6.07, 6.45) is 2.24. The molecule has 1 aliphatic rings. The Bertz CT molecular complexity index is 1170. The van der Waals surface area contributed by atoms with Crippen LogP contribution in [-0.2, 0) is 10.2 Å². The van der Waals surface area contributed by atoms with Gasteiger partial charge in [-0.25, -0.2) is 5.43 Å². The number of nitro benzene ring substituents is 1. The van der Waals surface area contributed by atoms with Crippen LogP contribution in [0.2, 0.25) is 0 Å². The van der Waals surface area contributed by atoms with E-state index in [1.807, 2.05) is 0 Å². The molecule has 164 valence electrons. The second-order valence-corrected chi connectivity index (χ2v) is 9.06. The average molecular weight is 431 g/mol. The maximum atomic E-state index is 12.4. The molecule has 32 heavy (non-hydrogen) atoms. The Hall–Kier alpha value is -3.74. The van der Waals surface area contributed by atoms with Gasteiger partial charge in [-0.05, 0) is 41.0 Å². The molecule has 0 unspecified atom stereocenters. The molecule has 7 nitrogen and oxygen atoms in total. The number of furan rings is 1. The highest BCUT2D eigenvalue weighted by atomic mass is 16.6. The normalized spacial score (nSPS) is 18.0. The first kappa shape index (κ1) is 21.5. The molecular weight excluding hydrogens is 406 g/mol. The van der Waals surface area contributed by atoms with Crippen molar-refractivity contribution in [3.63, 3.8) is 0 Å². The van der Waals surface area contributed by atoms with Gasteiger partial charge in [0, 0.05) is 23.6 Å². The van der Waals surface area contributed by atoms with E-state index in [1.54, 1.807) is 24.3 Å². The molecule has 1 aliphatic carbocycles. The fourth-order valence-electron chi connectivity index (χ4n) is 3.68. The number of nitrogens with zero attached hydrogens (tertiary/aromatic N) is 2. The van der Waals surface area contributed by atoms with Crippen LogP contribution in [0, 0.1) is 16.0 Å². The second kappa shape index (κ2) is 8.42. The fourth-order valence-corrected chi connectivity index (χ4v) is 3.68. The summed E-state index contributed by atoms with van der Waals surface area (Å²) >= 11 is 0. The summed E-state index contributed by atoms with van der Waals surface area (Å²) in [6, 6.07) is 18.1. The fraction of sp³-hybridized carbons (Fsp3) is 0.280. The number of rotatable bonds is 6. The SMILES string of the molecule is CC(C)(C)c1ccc([C@H]2C[C@@H]2C(=O)N/N=C\c2ccc(-c3cccc([N+](=O)[O-])c3)o2)cc1. The third-order valence-corrected chi connectivity index (χ3v) is 5.67. The first-order valence-corrected chi connectivity index (χ1v) is 10.5.